The molecule has 0 saturated heterocycles. The summed E-state index contributed by atoms with van der Waals surface area (Å²) in [4.78, 5) is 24.1. The minimum Gasteiger partial charge on any atom is -0.457 e. The lowest BCUT2D eigenvalue weighted by molar-refractivity contribution is -0.127. The second kappa shape index (κ2) is 7.98. The number of nitrogens with two attached hydrogens (primary N) is 1. The maximum absolute atomic E-state index is 12.5. The van der Waals surface area contributed by atoms with Gasteiger partial charge in [-0.05, 0) is 30.3 Å². The average molecular weight is 347 g/mol. The molecule has 0 bridgehead atoms. The quantitative estimate of drug-likeness (QED) is 0.687. The summed E-state index contributed by atoms with van der Waals surface area (Å²) in [6.07, 6.45) is -1.15. The fourth-order valence-electron chi connectivity index (χ4n) is 2.40. The third-order valence-electron chi connectivity index (χ3n) is 3.63. The summed E-state index contributed by atoms with van der Waals surface area (Å²) < 4.78 is 11.0. The molecular formula is C21H17NO4. The fourth-order valence-corrected chi connectivity index (χ4v) is 2.40. The fraction of sp³-hybridized carbons (Fsp3) is 0.0476. The number of para-hydroxylation sites is 1. The van der Waals surface area contributed by atoms with E-state index >= 15 is 0 Å². The van der Waals surface area contributed by atoms with Crippen LogP contribution in [0.25, 0.3) is 0 Å². The Labute approximate surface area is 151 Å². The molecule has 0 fully saturated rings. The van der Waals surface area contributed by atoms with Gasteiger partial charge in [0, 0.05) is 5.56 Å². The van der Waals surface area contributed by atoms with Crippen LogP contribution in [0.3, 0.4) is 0 Å². The number of amides is 1. The molecule has 26 heavy (non-hydrogen) atoms. The van der Waals surface area contributed by atoms with E-state index in [1.165, 1.54) is 0 Å². The van der Waals surface area contributed by atoms with Gasteiger partial charge in [0.1, 0.15) is 11.5 Å². The Morgan fingerprint density at radius 2 is 1.38 bits per heavy atom. The van der Waals surface area contributed by atoms with Crippen LogP contribution in [-0.4, -0.2) is 11.9 Å². The number of carbonyl (C=O) groups excluding carboxylic acids is 2. The Kier molecular flexibility index (Phi) is 5.29. The van der Waals surface area contributed by atoms with E-state index < -0.39 is 18.0 Å². The first-order valence-corrected chi connectivity index (χ1v) is 8.02. The highest BCUT2D eigenvalue weighted by atomic mass is 16.5. The van der Waals surface area contributed by atoms with Crippen molar-refractivity contribution in [2.24, 2.45) is 5.73 Å². The summed E-state index contributed by atoms with van der Waals surface area (Å²) >= 11 is 0. The van der Waals surface area contributed by atoms with E-state index in [4.69, 9.17) is 15.2 Å². The third-order valence-corrected chi connectivity index (χ3v) is 3.63. The molecule has 0 spiro atoms. The van der Waals surface area contributed by atoms with Crippen molar-refractivity contribution in [3.05, 3.63) is 96.1 Å². The zero-order chi connectivity index (χ0) is 18.4. The lowest BCUT2D eigenvalue weighted by Gasteiger charge is -2.15. The summed E-state index contributed by atoms with van der Waals surface area (Å²) in [5.41, 5.74) is 6.17. The summed E-state index contributed by atoms with van der Waals surface area (Å²) in [5.74, 6) is -0.254. The summed E-state index contributed by atoms with van der Waals surface area (Å²) in [7, 11) is 0. The molecule has 130 valence electrons. The molecule has 0 radical (unpaired) electrons. The number of rotatable bonds is 6. The van der Waals surface area contributed by atoms with Gasteiger partial charge >= 0.3 is 5.97 Å². The Morgan fingerprint density at radius 1 is 0.769 bits per heavy atom. The molecule has 0 aliphatic rings. The number of hydrogen-bond acceptors (Lipinski definition) is 4. The molecule has 2 N–H and O–H groups in total. The number of hydrogen-bond donors (Lipinski definition) is 1. The van der Waals surface area contributed by atoms with Crippen molar-refractivity contribution >= 4 is 11.9 Å². The van der Waals surface area contributed by atoms with E-state index in [9.17, 15) is 9.59 Å². The van der Waals surface area contributed by atoms with E-state index in [0.717, 1.165) is 0 Å². The van der Waals surface area contributed by atoms with Gasteiger partial charge in [0.15, 0.2) is 0 Å². The van der Waals surface area contributed by atoms with E-state index in [2.05, 4.69) is 0 Å². The van der Waals surface area contributed by atoms with Crippen LogP contribution in [0.5, 0.6) is 11.5 Å². The minimum absolute atomic E-state index is 0.264. The molecule has 1 amide bonds. The Balaban J connectivity index is 1.77. The Bertz CT molecular complexity index is 894. The van der Waals surface area contributed by atoms with Crippen molar-refractivity contribution in [2.45, 2.75) is 6.10 Å². The normalized spacial score (nSPS) is 11.4. The van der Waals surface area contributed by atoms with Gasteiger partial charge in [-0.25, -0.2) is 4.79 Å². The van der Waals surface area contributed by atoms with Crippen LogP contribution in [0.15, 0.2) is 84.9 Å². The predicted octanol–water partition coefficient (Wildman–Crippen LogP) is 3.86. The summed E-state index contributed by atoms with van der Waals surface area (Å²) in [6, 6.07) is 24.4. The Morgan fingerprint density at radius 3 is 2.04 bits per heavy atom. The standard InChI is InChI=1S/C21H17NO4/c22-20(23)19(15-8-3-1-4-9-15)26-21(24)16-10-7-13-18(14-16)25-17-11-5-2-6-12-17/h1-14,19H,(H2,22,23). The molecular weight excluding hydrogens is 330 g/mol. The van der Waals surface area contributed by atoms with Crippen molar-refractivity contribution in [2.75, 3.05) is 0 Å². The van der Waals surface area contributed by atoms with Crippen molar-refractivity contribution in [3.8, 4) is 11.5 Å². The van der Waals surface area contributed by atoms with E-state index in [0.29, 0.717) is 17.1 Å². The van der Waals surface area contributed by atoms with E-state index in [1.54, 1.807) is 54.6 Å². The maximum atomic E-state index is 12.5. The SMILES string of the molecule is NC(=O)C(OC(=O)c1cccc(Oc2ccccc2)c1)c1ccccc1. The van der Waals surface area contributed by atoms with Crippen LogP contribution in [0.1, 0.15) is 22.0 Å². The number of benzene rings is 3. The molecule has 1 unspecified atom stereocenters. The zero-order valence-electron chi connectivity index (χ0n) is 13.9. The molecule has 0 aliphatic carbocycles. The molecule has 3 aromatic carbocycles. The minimum atomic E-state index is -1.15. The van der Waals surface area contributed by atoms with Crippen molar-refractivity contribution in [1.29, 1.82) is 0 Å². The second-order valence-electron chi connectivity index (χ2n) is 5.54. The van der Waals surface area contributed by atoms with Gasteiger partial charge < -0.3 is 15.2 Å². The van der Waals surface area contributed by atoms with Gasteiger partial charge in [-0.3, -0.25) is 4.79 Å². The van der Waals surface area contributed by atoms with Gasteiger partial charge in [-0.1, -0.05) is 54.6 Å². The number of primary amides is 1. The molecule has 3 rings (SSSR count). The van der Waals surface area contributed by atoms with Crippen LogP contribution in [-0.2, 0) is 9.53 Å². The van der Waals surface area contributed by atoms with Gasteiger partial charge in [0.05, 0.1) is 5.56 Å². The zero-order valence-corrected chi connectivity index (χ0v) is 13.9. The molecule has 5 nitrogen and oxygen atoms in total. The Hall–Kier alpha value is -3.60. The summed E-state index contributed by atoms with van der Waals surface area (Å²) in [6.45, 7) is 0. The second-order valence-corrected chi connectivity index (χ2v) is 5.54. The number of carbonyl (C=O) groups is 2. The molecule has 5 heteroatoms. The molecule has 0 aromatic heterocycles. The van der Waals surface area contributed by atoms with Gasteiger partial charge in [0.2, 0.25) is 6.10 Å². The number of esters is 1. The van der Waals surface area contributed by atoms with Gasteiger partial charge in [-0.2, -0.15) is 0 Å². The highest BCUT2D eigenvalue weighted by Crippen LogP contribution is 2.24. The van der Waals surface area contributed by atoms with Crippen molar-refractivity contribution < 1.29 is 19.1 Å². The molecule has 1 atom stereocenters. The monoisotopic (exact) mass is 347 g/mol. The van der Waals surface area contributed by atoms with Crippen molar-refractivity contribution in [1.82, 2.24) is 0 Å². The van der Waals surface area contributed by atoms with Crippen LogP contribution in [0.4, 0.5) is 0 Å². The topological polar surface area (TPSA) is 78.6 Å². The molecule has 0 aliphatic heterocycles. The largest absolute Gasteiger partial charge is 0.457 e. The lowest BCUT2D eigenvalue weighted by Crippen LogP contribution is -2.26. The highest BCUT2D eigenvalue weighted by Gasteiger charge is 2.23. The first kappa shape index (κ1) is 17.2. The van der Waals surface area contributed by atoms with E-state index in [1.807, 2.05) is 30.3 Å². The predicted molar refractivity (Wildman–Crippen MR) is 96.8 cm³/mol. The lowest BCUT2D eigenvalue weighted by atomic mass is 10.1. The van der Waals surface area contributed by atoms with Gasteiger partial charge in [-0.15, -0.1) is 0 Å². The third kappa shape index (κ3) is 4.27. The summed E-state index contributed by atoms with van der Waals surface area (Å²) in [5, 5.41) is 0. The molecule has 0 heterocycles. The first-order chi connectivity index (χ1) is 12.6. The number of ether oxygens (including phenoxy) is 2. The smallest absolute Gasteiger partial charge is 0.339 e. The molecule has 0 saturated carbocycles. The van der Waals surface area contributed by atoms with Crippen LogP contribution in [0, 0.1) is 0 Å². The maximum Gasteiger partial charge on any atom is 0.339 e. The van der Waals surface area contributed by atoms with Crippen LogP contribution >= 0.6 is 0 Å². The van der Waals surface area contributed by atoms with E-state index in [-0.39, 0.29) is 5.56 Å². The van der Waals surface area contributed by atoms with Crippen LogP contribution in [0.2, 0.25) is 0 Å². The highest BCUT2D eigenvalue weighted by molar-refractivity contribution is 5.92. The average Bonchev–Trinajstić information content (AvgIpc) is 2.67. The van der Waals surface area contributed by atoms with Crippen LogP contribution < -0.4 is 10.5 Å². The van der Waals surface area contributed by atoms with Crippen molar-refractivity contribution in [3.63, 3.8) is 0 Å². The molecule has 3 aromatic rings. The first-order valence-electron chi connectivity index (χ1n) is 8.02. The van der Waals surface area contributed by atoms with Gasteiger partial charge in [0.25, 0.3) is 5.91 Å².